The Morgan fingerprint density at radius 3 is 1.80 bits per heavy atom. The quantitative estimate of drug-likeness (QED) is 0.158. The summed E-state index contributed by atoms with van der Waals surface area (Å²) in [6.45, 7) is 28.4. The van der Waals surface area contributed by atoms with Crippen LogP contribution in [0, 0.1) is 0 Å². The number of nitrogens with zero attached hydrogens (tertiary/aromatic N) is 3. The minimum absolute atomic E-state index is 0.0125. The zero-order valence-corrected chi connectivity index (χ0v) is 41.3. The van der Waals surface area contributed by atoms with E-state index in [1.165, 1.54) is 135 Å². The van der Waals surface area contributed by atoms with Gasteiger partial charge in [-0.15, -0.1) is 0 Å². The van der Waals surface area contributed by atoms with Crippen molar-refractivity contribution >= 4 is 78.3 Å². The van der Waals surface area contributed by atoms with Gasteiger partial charge in [0.1, 0.15) is 0 Å². The molecule has 0 spiro atoms. The summed E-state index contributed by atoms with van der Waals surface area (Å²) in [5.74, 6) is 0. The Morgan fingerprint density at radius 1 is 0.470 bits per heavy atom. The van der Waals surface area contributed by atoms with Gasteiger partial charge in [0.15, 0.2) is 0 Å². The van der Waals surface area contributed by atoms with Gasteiger partial charge < -0.3 is 13.9 Å². The first-order valence-electron chi connectivity index (χ1n) is 24.7. The third kappa shape index (κ3) is 6.02. The van der Waals surface area contributed by atoms with E-state index in [1.807, 2.05) is 0 Å². The van der Waals surface area contributed by atoms with E-state index < -0.39 is 0 Å². The van der Waals surface area contributed by atoms with Crippen LogP contribution in [0.25, 0.3) is 60.3 Å². The van der Waals surface area contributed by atoms with Crippen molar-refractivity contribution in [3.05, 3.63) is 155 Å². The molecule has 3 nitrogen and oxygen atoms in total. The molecule has 2 aliphatic heterocycles. The van der Waals surface area contributed by atoms with Crippen LogP contribution in [0.2, 0.25) is 0 Å². The van der Waals surface area contributed by atoms with E-state index in [-0.39, 0.29) is 28.5 Å². The van der Waals surface area contributed by atoms with E-state index in [4.69, 9.17) is 0 Å². The van der Waals surface area contributed by atoms with Gasteiger partial charge in [0.2, 0.25) is 0 Å². The van der Waals surface area contributed by atoms with E-state index in [0.717, 1.165) is 12.8 Å². The molecule has 0 fully saturated rings. The lowest BCUT2D eigenvalue weighted by atomic mass is 9.44. The molecule has 4 heteroatoms. The Kier molecular flexibility index (Phi) is 8.65. The van der Waals surface area contributed by atoms with Crippen LogP contribution in [0.5, 0.6) is 0 Å². The molecule has 0 unspecified atom stereocenters. The Labute approximate surface area is 392 Å². The van der Waals surface area contributed by atoms with Crippen LogP contribution in [0.15, 0.2) is 121 Å². The highest BCUT2D eigenvalue weighted by atomic mass is 15.2. The summed E-state index contributed by atoms with van der Waals surface area (Å²) in [6.07, 6.45) is 4.65. The number of hydrogen-bond acceptors (Lipinski definition) is 1. The molecule has 7 aromatic carbocycles. The zero-order chi connectivity index (χ0) is 46.0. The minimum Gasteiger partial charge on any atom is -0.375 e. The largest absolute Gasteiger partial charge is 0.375 e. The first kappa shape index (κ1) is 41.4. The van der Waals surface area contributed by atoms with Gasteiger partial charge in [-0.25, -0.2) is 0 Å². The fourth-order valence-electron chi connectivity index (χ4n) is 12.0. The maximum Gasteiger partial charge on any atom is 0.333 e. The van der Waals surface area contributed by atoms with Crippen molar-refractivity contribution in [2.75, 3.05) is 4.90 Å². The molecular formula is C62H64BN3. The van der Waals surface area contributed by atoms with Crippen LogP contribution < -0.4 is 15.8 Å². The molecule has 2 aromatic heterocycles. The smallest absolute Gasteiger partial charge is 0.333 e. The summed E-state index contributed by atoms with van der Waals surface area (Å²) >= 11 is 0. The second-order valence-electron chi connectivity index (χ2n) is 24.2. The Balaban J connectivity index is 1.31. The lowest BCUT2D eigenvalue weighted by Crippen LogP contribution is -2.56. The molecule has 3 aliphatic rings. The van der Waals surface area contributed by atoms with Gasteiger partial charge in [0.05, 0.1) is 5.52 Å². The summed E-state index contributed by atoms with van der Waals surface area (Å²) in [5, 5.41) is 6.72. The Bertz CT molecular complexity index is 3480. The van der Waals surface area contributed by atoms with Gasteiger partial charge in [0, 0.05) is 61.2 Å². The van der Waals surface area contributed by atoms with E-state index >= 15 is 0 Å². The number of para-hydroxylation sites is 1. The molecular weight excluding hydrogens is 798 g/mol. The standard InChI is InChI=1S/C62H64BN3/c1-59(2,3)38-26-27-52-46(32-38)48-33-41(62(10,11)12)34-49-56-44-23-17-16-20-37(44)28-55-57(56)63(66(52)58(48)49)50-36-53-47(45-24-18-19-25-51(45)64(53)42-21-14-13-15-22-42)35-54(50)65(55)43-30-39(60(4,5)6)29-40(31-43)61(7,8)9/h13-17,20-23,26-36H,18-19,24-25H2,1-12H3. The van der Waals surface area contributed by atoms with Crippen LogP contribution in [0.1, 0.15) is 129 Å². The molecule has 330 valence electrons. The lowest BCUT2D eigenvalue weighted by molar-refractivity contribution is 0.569. The first-order valence-corrected chi connectivity index (χ1v) is 24.7. The molecule has 0 N–H and O–H groups in total. The Hall–Kier alpha value is -6.00. The van der Waals surface area contributed by atoms with Gasteiger partial charge in [-0.2, -0.15) is 0 Å². The summed E-state index contributed by atoms with van der Waals surface area (Å²) < 4.78 is 5.41. The monoisotopic (exact) mass is 862 g/mol. The van der Waals surface area contributed by atoms with Crippen molar-refractivity contribution in [1.29, 1.82) is 0 Å². The van der Waals surface area contributed by atoms with Crippen LogP contribution in [0.3, 0.4) is 0 Å². The number of rotatable bonds is 2. The SMILES string of the molecule is CC(C)(C)c1cc(N2c3cc4c5c(n(-c6ccccc6)c4cc3B3c4c2cc2ccccc2c4-c2cc(C(C)(C)C)cc4c6cc(C(C)(C)C)ccc6n3c24)CCCC5)cc(C(C)(C)C)c1. The molecule has 1 aliphatic carbocycles. The van der Waals surface area contributed by atoms with Gasteiger partial charge in [-0.3, -0.25) is 0 Å². The highest BCUT2D eigenvalue weighted by molar-refractivity contribution is 6.90. The van der Waals surface area contributed by atoms with Crippen molar-refractivity contribution < 1.29 is 0 Å². The molecule has 9 aromatic rings. The second kappa shape index (κ2) is 13.8. The summed E-state index contributed by atoms with van der Waals surface area (Å²) in [4.78, 5) is 2.70. The van der Waals surface area contributed by atoms with Gasteiger partial charge in [-0.1, -0.05) is 138 Å². The number of benzene rings is 7. The highest BCUT2D eigenvalue weighted by Gasteiger charge is 2.45. The fraction of sp³-hybridized carbons (Fsp3) is 0.323. The normalized spacial score (nSPS) is 15.0. The van der Waals surface area contributed by atoms with Crippen molar-refractivity contribution in [3.8, 4) is 16.8 Å². The van der Waals surface area contributed by atoms with E-state index in [0.29, 0.717) is 0 Å². The predicted molar refractivity (Wildman–Crippen MR) is 286 cm³/mol. The topological polar surface area (TPSA) is 13.1 Å². The number of anilines is 3. The highest BCUT2D eigenvalue weighted by Crippen LogP contribution is 2.51. The molecule has 0 radical (unpaired) electrons. The van der Waals surface area contributed by atoms with Crippen LogP contribution in [-0.4, -0.2) is 15.9 Å². The zero-order valence-electron chi connectivity index (χ0n) is 41.3. The molecule has 0 atom stereocenters. The molecule has 0 saturated heterocycles. The second-order valence-corrected chi connectivity index (χ2v) is 24.2. The van der Waals surface area contributed by atoms with Gasteiger partial charge in [0.25, 0.3) is 0 Å². The summed E-state index contributed by atoms with van der Waals surface area (Å²) in [7, 11) is 0. The lowest BCUT2D eigenvalue weighted by Gasteiger charge is -2.42. The van der Waals surface area contributed by atoms with Crippen molar-refractivity contribution in [3.63, 3.8) is 0 Å². The first-order chi connectivity index (χ1) is 31.3. The predicted octanol–water partition coefficient (Wildman–Crippen LogP) is 15.4. The maximum absolute atomic E-state index is 2.78. The maximum atomic E-state index is 2.78. The van der Waals surface area contributed by atoms with Gasteiger partial charge in [-0.05, 0) is 169 Å². The molecule has 12 rings (SSSR count). The minimum atomic E-state index is -0.0623. The van der Waals surface area contributed by atoms with Crippen LogP contribution in [0.4, 0.5) is 17.1 Å². The number of hydrogen-bond donors (Lipinski definition) is 0. The third-order valence-electron chi connectivity index (χ3n) is 15.6. The van der Waals surface area contributed by atoms with Crippen molar-refractivity contribution in [2.45, 2.75) is 130 Å². The van der Waals surface area contributed by atoms with Gasteiger partial charge >= 0.3 is 6.85 Å². The van der Waals surface area contributed by atoms with E-state index in [9.17, 15) is 0 Å². The number of aromatic nitrogens is 2. The molecule has 0 bridgehead atoms. The van der Waals surface area contributed by atoms with Crippen LogP contribution >= 0.6 is 0 Å². The van der Waals surface area contributed by atoms with Crippen LogP contribution in [-0.2, 0) is 34.5 Å². The summed E-state index contributed by atoms with van der Waals surface area (Å²) in [5.41, 5.74) is 22.9. The average Bonchev–Trinajstić information content (AvgIpc) is 3.78. The van der Waals surface area contributed by atoms with E-state index in [1.54, 1.807) is 0 Å². The molecule has 66 heavy (non-hydrogen) atoms. The van der Waals surface area contributed by atoms with Crippen molar-refractivity contribution in [2.24, 2.45) is 0 Å². The van der Waals surface area contributed by atoms with Crippen molar-refractivity contribution in [1.82, 2.24) is 9.05 Å². The summed E-state index contributed by atoms with van der Waals surface area (Å²) in [6, 6.07) is 48.2. The molecule has 0 saturated carbocycles. The van der Waals surface area contributed by atoms with E-state index in [2.05, 4.69) is 218 Å². The number of fused-ring (bicyclic) bond motifs is 12. The fourth-order valence-corrected chi connectivity index (χ4v) is 12.0. The molecule has 4 heterocycles. The Morgan fingerprint density at radius 2 is 1.11 bits per heavy atom. The number of aryl methyl sites for hydroxylation is 1. The third-order valence-corrected chi connectivity index (χ3v) is 15.6. The molecule has 0 amide bonds. The average molecular weight is 862 g/mol.